The largest absolute Gasteiger partial charge is 0.355 e. The molecule has 3 aromatic rings. The standard InChI is InChI=1S/C20H21ClN3/c1-3-24(4-2)14-15-6-5-7-17(12-15)23-19-10-11-22-20-13-16(21)8-9-18(19)20/h5,7-13H,3-4,14H2,1-2H3,(H,22,23). The van der Waals surface area contributed by atoms with Gasteiger partial charge in [-0.15, -0.1) is 0 Å². The summed E-state index contributed by atoms with van der Waals surface area (Å²) in [5.41, 5.74) is 4.15. The number of nitrogens with one attached hydrogen (secondary N) is 1. The van der Waals surface area contributed by atoms with E-state index in [2.05, 4.69) is 41.2 Å². The second-order valence-electron chi connectivity index (χ2n) is 5.71. The summed E-state index contributed by atoms with van der Waals surface area (Å²) >= 11 is 6.06. The van der Waals surface area contributed by atoms with E-state index in [1.165, 1.54) is 5.56 Å². The number of fused-ring (bicyclic) bond motifs is 1. The number of hydrogen-bond acceptors (Lipinski definition) is 3. The van der Waals surface area contributed by atoms with Crippen LogP contribution in [0.1, 0.15) is 19.4 Å². The van der Waals surface area contributed by atoms with Gasteiger partial charge in [0.2, 0.25) is 0 Å². The number of nitrogens with zero attached hydrogens (tertiary/aromatic N) is 2. The molecule has 0 aliphatic carbocycles. The summed E-state index contributed by atoms with van der Waals surface area (Å²) < 4.78 is 0. The fourth-order valence-electron chi connectivity index (χ4n) is 2.76. The molecule has 0 amide bonds. The quantitative estimate of drug-likeness (QED) is 0.663. The molecule has 0 unspecified atom stereocenters. The summed E-state index contributed by atoms with van der Waals surface area (Å²) in [5, 5.41) is 5.25. The Kier molecular flexibility index (Phi) is 5.34. The number of benzene rings is 2. The van der Waals surface area contributed by atoms with E-state index in [1.54, 1.807) is 6.20 Å². The highest BCUT2D eigenvalue weighted by atomic mass is 35.5. The first kappa shape index (κ1) is 16.7. The first-order chi connectivity index (χ1) is 11.7. The van der Waals surface area contributed by atoms with Gasteiger partial charge in [0.15, 0.2) is 0 Å². The van der Waals surface area contributed by atoms with Crippen LogP contribution in [-0.2, 0) is 6.54 Å². The molecule has 3 rings (SSSR count). The Hall–Kier alpha value is -2.10. The van der Waals surface area contributed by atoms with Crippen LogP contribution < -0.4 is 5.32 Å². The van der Waals surface area contributed by atoms with Crippen LogP contribution in [0.5, 0.6) is 0 Å². The normalized spacial score (nSPS) is 11.2. The van der Waals surface area contributed by atoms with Crippen LogP contribution in [0.4, 0.5) is 11.4 Å². The monoisotopic (exact) mass is 338 g/mol. The van der Waals surface area contributed by atoms with E-state index < -0.39 is 0 Å². The van der Waals surface area contributed by atoms with Crippen LogP contribution in [-0.4, -0.2) is 23.0 Å². The van der Waals surface area contributed by atoms with Gasteiger partial charge >= 0.3 is 0 Å². The second kappa shape index (κ2) is 7.65. The molecule has 3 nitrogen and oxygen atoms in total. The Morgan fingerprint density at radius 1 is 1.12 bits per heavy atom. The van der Waals surface area contributed by atoms with Gasteiger partial charge in [-0.05, 0) is 61.1 Å². The molecule has 1 heterocycles. The molecule has 0 aliphatic heterocycles. The Morgan fingerprint density at radius 2 is 1.96 bits per heavy atom. The molecule has 0 saturated carbocycles. The molecule has 0 fully saturated rings. The molecule has 1 N–H and O–H groups in total. The molecule has 0 aliphatic rings. The number of aromatic nitrogens is 1. The zero-order chi connectivity index (χ0) is 16.9. The first-order valence-electron chi connectivity index (χ1n) is 8.24. The lowest BCUT2D eigenvalue weighted by Gasteiger charge is -2.18. The smallest absolute Gasteiger partial charge is 0.0737 e. The summed E-state index contributed by atoms with van der Waals surface area (Å²) in [6, 6.07) is 17.2. The highest BCUT2D eigenvalue weighted by Crippen LogP contribution is 2.27. The highest BCUT2D eigenvalue weighted by molar-refractivity contribution is 6.31. The molecule has 123 valence electrons. The van der Waals surface area contributed by atoms with Crippen molar-refractivity contribution in [3.05, 3.63) is 65.3 Å². The molecule has 0 saturated heterocycles. The van der Waals surface area contributed by atoms with Crippen LogP contribution in [0.3, 0.4) is 0 Å². The molecule has 1 radical (unpaired) electrons. The number of halogens is 1. The Bertz CT molecular complexity index is 828. The van der Waals surface area contributed by atoms with E-state index in [4.69, 9.17) is 11.6 Å². The second-order valence-corrected chi connectivity index (χ2v) is 6.15. The minimum atomic E-state index is 0.697. The predicted molar refractivity (Wildman–Crippen MR) is 102 cm³/mol. The summed E-state index contributed by atoms with van der Waals surface area (Å²) in [5.74, 6) is 0. The topological polar surface area (TPSA) is 28.2 Å². The van der Waals surface area contributed by atoms with Gasteiger partial charge < -0.3 is 5.32 Å². The molecule has 0 atom stereocenters. The van der Waals surface area contributed by atoms with E-state index in [0.29, 0.717) is 5.02 Å². The summed E-state index contributed by atoms with van der Waals surface area (Å²) in [7, 11) is 0. The molecular formula is C20H21ClN3. The lowest BCUT2D eigenvalue weighted by molar-refractivity contribution is 0.296. The number of rotatable bonds is 6. The molecule has 2 aromatic carbocycles. The van der Waals surface area contributed by atoms with E-state index >= 15 is 0 Å². The van der Waals surface area contributed by atoms with Gasteiger partial charge in [0, 0.05) is 34.5 Å². The molecule has 4 heteroatoms. The summed E-state index contributed by atoms with van der Waals surface area (Å²) in [6.45, 7) is 7.35. The highest BCUT2D eigenvalue weighted by Gasteiger charge is 2.05. The van der Waals surface area contributed by atoms with Crippen LogP contribution in [0, 0.1) is 6.07 Å². The fourth-order valence-corrected chi connectivity index (χ4v) is 2.93. The van der Waals surface area contributed by atoms with Crippen molar-refractivity contribution in [1.29, 1.82) is 0 Å². The van der Waals surface area contributed by atoms with Crippen molar-refractivity contribution < 1.29 is 0 Å². The van der Waals surface area contributed by atoms with Gasteiger partial charge in [-0.3, -0.25) is 9.88 Å². The van der Waals surface area contributed by atoms with E-state index in [-0.39, 0.29) is 0 Å². The Morgan fingerprint density at radius 3 is 2.75 bits per heavy atom. The fraction of sp³-hybridized carbons (Fsp3) is 0.250. The van der Waals surface area contributed by atoms with Crippen molar-refractivity contribution in [3.8, 4) is 0 Å². The SMILES string of the molecule is CCN(CC)Cc1[c]ccc(Nc2ccnc3cc(Cl)ccc23)c1. The van der Waals surface area contributed by atoms with Crippen molar-refractivity contribution in [2.24, 2.45) is 0 Å². The van der Waals surface area contributed by atoms with Gasteiger partial charge in [-0.2, -0.15) is 0 Å². The Labute approximate surface area is 148 Å². The number of hydrogen-bond donors (Lipinski definition) is 1. The minimum absolute atomic E-state index is 0.697. The van der Waals surface area contributed by atoms with E-state index in [1.807, 2.05) is 36.4 Å². The predicted octanol–water partition coefficient (Wildman–Crippen LogP) is 5.27. The molecule has 0 bridgehead atoms. The van der Waals surface area contributed by atoms with Gasteiger partial charge in [-0.1, -0.05) is 31.5 Å². The third-order valence-electron chi connectivity index (χ3n) is 4.13. The average molecular weight is 339 g/mol. The number of anilines is 2. The Balaban J connectivity index is 1.86. The third-order valence-corrected chi connectivity index (χ3v) is 4.37. The van der Waals surface area contributed by atoms with E-state index in [9.17, 15) is 0 Å². The maximum atomic E-state index is 6.06. The average Bonchev–Trinajstić information content (AvgIpc) is 2.60. The van der Waals surface area contributed by atoms with E-state index in [0.717, 1.165) is 41.9 Å². The maximum absolute atomic E-state index is 6.06. The maximum Gasteiger partial charge on any atom is 0.0737 e. The minimum Gasteiger partial charge on any atom is -0.355 e. The summed E-state index contributed by atoms with van der Waals surface area (Å²) in [6.07, 6.45) is 1.80. The zero-order valence-electron chi connectivity index (χ0n) is 14.0. The summed E-state index contributed by atoms with van der Waals surface area (Å²) in [4.78, 5) is 6.76. The lowest BCUT2D eigenvalue weighted by atomic mass is 10.1. The van der Waals surface area contributed by atoms with Crippen molar-refractivity contribution in [1.82, 2.24) is 9.88 Å². The molecule has 1 aromatic heterocycles. The van der Waals surface area contributed by atoms with Gasteiger partial charge in [0.25, 0.3) is 0 Å². The third kappa shape index (κ3) is 3.86. The molecule has 0 spiro atoms. The van der Waals surface area contributed by atoms with Crippen LogP contribution >= 0.6 is 11.6 Å². The van der Waals surface area contributed by atoms with Crippen molar-refractivity contribution in [3.63, 3.8) is 0 Å². The van der Waals surface area contributed by atoms with Crippen molar-refractivity contribution >= 4 is 33.9 Å². The number of pyridine rings is 1. The van der Waals surface area contributed by atoms with Crippen molar-refractivity contribution in [2.75, 3.05) is 18.4 Å². The molecular weight excluding hydrogens is 318 g/mol. The molecule has 24 heavy (non-hydrogen) atoms. The van der Waals surface area contributed by atoms with Crippen LogP contribution in [0.2, 0.25) is 5.02 Å². The first-order valence-corrected chi connectivity index (χ1v) is 8.61. The van der Waals surface area contributed by atoms with Crippen LogP contribution in [0.15, 0.2) is 48.7 Å². The zero-order valence-corrected chi connectivity index (χ0v) is 14.8. The van der Waals surface area contributed by atoms with Gasteiger partial charge in [-0.25, -0.2) is 0 Å². The van der Waals surface area contributed by atoms with Gasteiger partial charge in [0.1, 0.15) is 0 Å². The van der Waals surface area contributed by atoms with Gasteiger partial charge in [0.05, 0.1) is 5.52 Å². The lowest BCUT2D eigenvalue weighted by Crippen LogP contribution is -2.22. The van der Waals surface area contributed by atoms with Crippen LogP contribution in [0.25, 0.3) is 10.9 Å². The van der Waals surface area contributed by atoms with Crippen molar-refractivity contribution in [2.45, 2.75) is 20.4 Å².